The lowest BCUT2D eigenvalue weighted by Gasteiger charge is -2.06. The first-order valence-electron chi connectivity index (χ1n) is 6.75. The maximum atomic E-state index is 11.9. The highest BCUT2D eigenvalue weighted by Gasteiger charge is 2.11. The summed E-state index contributed by atoms with van der Waals surface area (Å²) in [6, 6.07) is 8.65. The molecule has 0 aliphatic rings. The molecule has 0 atom stereocenters. The van der Waals surface area contributed by atoms with Gasteiger partial charge in [-0.15, -0.1) is 0 Å². The van der Waals surface area contributed by atoms with Gasteiger partial charge in [0.2, 0.25) is 5.91 Å². The number of hydrogen-bond acceptors (Lipinski definition) is 5. The van der Waals surface area contributed by atoms with Crippen LogP contribution in [-0.4, -0.2) is 21.6 Å². The number of carbonyl (C=O) groups is 1. The van der Waals surface area contributed by atoms with Crippen LogP contribution in [-0.2, 0) is 11.2 Å². The van der Waals surface area contributed by atoms with Gasteiger partial charge in [-0.25, -0.2) is 4.98 Å². The van der Waals surface area contributed by atoms with Gasteiger partial charge in [-0.05, 0) is 24.6 Å². The number of carbonyl (C=O) groups excluding carboxylic acids is 1. The van der Waals surface area contributed by atoms with Crippen molar-refractivity contribution in [3.63, 3.8) is 0 Å². The topological polar surface area (TPSA) is 98.6 Å². The average Bonchev–Trinajstić information content (AvgIpc) is 2.52. The molecule has 0 aliphatic carbocycles. The average molecular weight is 349 g/mol. The normalized spacial score (nSPS) is 10.1. The van der Waals surface area contributed by atoms with Crippen molar-refractivity contribution in [3.05, 3.63) is 50.9 Å². The maximum absolute atomic E-state index is 11.9. The van der Waals surface area contributed by atoms with E-state index < -0.39 is 5.56 Å². The molecule has 23 heavy (non-hydrogen) atoms. The Kier molecular flexibility index (Phi) is 5.79. The lowest BCUT2D eigenvalue weighted by Crippen LogP contribution is -2.18. The Labute approximate surface area is 141 Å². The Bertz CT molecular complexity index is 829. The Morgan fingerprint density at radius 3 is 2.96 bits per heavy atom. The molecule has 1 aromatic carbocycles. The summed E-state index contributed by atoms with van der Waals surface area (Å²) < 4.78 is 0. The molecule has 1 heterocycles. The number of nitrogens with one attached hydrogen (secondary N) is 2. The van der Waals surface area contributed by atoms with Crippen LogP contribution in [0.25, 0.3) is 0 Å². The Morgan fingerprint density at radius 2 is 2.30 bits per heavy atom. The monoisotopic (exact) mass is 348 g/mol. The first-order chi connectivity index (χ1) is 11.0. The van der Waals surface area contributed by atoms with Gasteiger partial charge in [0.05, 0.1) is 11.4 Å². The number of aromatic amines is 1. The second-order valence-corrected chi connectivity index (χ2v) is 5.91. The fraction of sp³-hybridized carbons (Fsp3) is 0.200. The lowest BCUT2D eigenvalue weighted by molar-refractivity contribution is -0.113. The van der Waals surface area contributed by atoms with Crippen LogP contribution in [0.2, 0.25) is 5.02 Å². The predicted octanol–water partition coefficient (Wildman–Crippen LogP) is 2.59. The molecule has 2 rings (SSSR count). The first-order valence-corrected chi connectivity index (χ1v) is 8.11. The van der Waals surface area contributed by atoms with Gasteiger partial charge in [-0.1, -0.05) is 36.4 Å². The molecule has 0 fully saturated rings. The highest BCUT2D eigenvalue weighted by molar-refractivity contribution is 7.99. The Balaban J connectivity index is 2.03. The van der Waals surface area contributed by atoms with Crippen molar-refractivity contribution in [2.75, 3.05) is 11.1 Å². The fourth-order valence-corrected chi connectivity index (χ4v) is 2.70. The van der Waals surface area contributed by atoms with E-state index in [0.717, 1.165) is 11.8 Å². The third-order valence-electron chi connectivity index (χ3n) is 2.87. The number of thioether (sulfide) groups is 1. The summed E-state index contributed by atoms with van der Waals surface area (Å²) in [5.74, 6) is -0.174. The molecule has 0 aliphatic heterocycles. The molecule has 1 amide bonds. The molecule has 118 valence electrons. The summed E-state index contributed by atoms with van der Waals surface area (Å²) in [5.41, 5.74) is 0.546. The van der Waals surface area contributed by atoms with Gasteiger partial charge >= 0.3 is 0 Å². The van der Waals surface area contributed by atoms with Crippen LogP contribution in [0.15, 0.2) is 34.2 Å². The van der Waals surface area contributed by atoms with Crippen LogP contribution in [0.4, 0.5) is 5.69 Å². The Hall–Kier alpha value is -2.30. The predicted molar refractivity (Wildman–Crippen MR) is 89.8 cm³/mol. The largest absolute Gasteiger partial charge is 0.325 e. The van der Waals surface area contributed by atoms with E-state index in [9.17, 15) is 9.59 Å². The van der Waals surface area contributed by atoms with E-state index in [0.29, 0.717) is 28.0 Å². The minimum atomic E-state index is -0.489. The number of anilines is 1. The van der Waals surface area contributed by atoms with E-state index in [4.69, 9.17) is 16.9 Å². The molecular weight excluding hydrogens is 336 g/mol. The second-order valence-electron chi connectivity index (χ2n) is 4.51. The van der Waals surface area contributed by atoms with Gasteiger partial charge in [-0.3, -0.25) is 9.59 Å². The van der Waals surface area contributed by atoms with Crippen molar-refractivity contribution in [2.45, 2.75) is 18.5 Å². The van der Waals surface area contributed by atoms with Crippen molar-refractivity contribution >= 4 is 35.0 Å². The zero-order valence-corrected chi connectivity index (χ0v) is 13.8. The van der Waals surface area contributed by atoms with E-state index in [2.05, 4.69) is 15.3 Å². The minimum absolute atomic E-state index is 0.0141. The first kappa shape index (κ1) is 17.1. The van der Waals surface area contributed by atoms with Crippen molar-refractivity contribution in [1.82, 2.24) is 9.97 Å². The van der Waals surface area contributed by atoms with Gasteiger partial charge in [0.1, 0.15) is 11.6 Å². The van der Waals surface area contributed by atoms with Crippen LogP contribution >= 0.6 is 23.4 Å². The highest BCUT2D eigenvalue weighted by atomic mass is 35.5. The molecule has 0 saturated heterocycles. The van der Waals surface area contributed by atoms with Crippen molar-refractivity contribution in [3.8, 4) is 6.07 Å². The van der Waals surface area contributed by atoms with E-state index in [1.165, 1.54) is 0 Å². The summed E-state index contributed by atoms with van der Waals surface area (Å²) in [6.45, 7) is 1.81. The van der Waals surface area contributed by atoms with Crippen LogP contribution in [0.5, 0.6) is 0 Å². The summed E-state index contributed by atoms with van der Waals surface area (Å²) in [7, 11) is 0. The number of hydrogen-bond donors (Lipinski definition) is 2. The second kappa shape index (κ2) is 7.81. The number of halogens is 1. The van der Waals surface area contributed by atoms with Crippen LogP contribution in [0, 0.1) is 11.3 Å². The highest BCUT2D eigenvalue weighted by Crippen LogP contribution is 2.17. The van der Waals surface area contributed by atoms with Gasteiger partial charge in [-0.2, -0.15) is 5.26 Å². The van der Waals surface area contributed by atoms with E-state index >= 15 is 0 Å². The molecule has 0 unspecified atom stereocenters. The number of aryl methyl sites for hydroxylation is 1. The fourth-order valence-electron chi connectivity index (χ4n) is 1.83. The van der Waals surface area contributed by atoms with Crippen molar-refractivity contribution < 1.29 is 4.79 Å². The number of nitriles is 1. The number of benzene rings is 1. The van der Waals surface area contributed by atoms with E-state index in [-0.39, 0.29) is 17.2 Å². The van der Waals surface area contributed by atoms with E-state index in [1.807, 2.05) is 13.0 Å². The summed E-state index contributed by atoms with van der Waals surface area (Å²) in [5, 5.41) is 12.5. The molecule has 8 heteroatoms. The quantitative estimate of drug-likeness (QED) is 0.639. The van der Waals surface area contributed by atoms with Gasteiger partial charge in [0.15, 0.2) is 5.16 Å². The molecule has 0 radical (unpaired) electrons. The smallest absolute Gasteiger partial charge is 0.269 e. The third kappa shape index (κ3) is 4.58. The van der Waals surface area contributed by atoms with Crippen LogP contribution < -0.4 is 10.9 Å². The standard InChI is InChI=1S/C15H13ClN4O2S/c1-2-12-11(7-17)14(22)20-15(19-12)23-8-13(21)18-10-5-3-4-9(16)6-10/h3-6H,2,8H2,1H3,(H,18,21)(H,19,20,22). The number of nitrogens with zero attached hydrogens (tertiary/aromatic N) is 2. The van der Waals surface area contributed by atoms with Crippen molar-refractivity contribution in [1.29, 1.82) is 5.26 Å². The zero-order chi connectivity index (χ0) is 16.8. The van der Waals surface area contributed by atoms with E-state index in [1.54, 1.807) is 24.3 Å². The molecule has 0 saturated carbocycles. The molecule has 2 aromatic rings. The number of H-pyrrole nitrogens is 1. The summed E-state index contributed by atoms with van der Waals surface area (Å²) in [4.78, 5) is 30.4. The minimum Gasteiger partial charge on any atom is -0.325 e. The maximum Gasteiger partial charge on any atom is 0.269 e. The molecule has 0 bridgehead atoms. The Morgan fingerprint density at radius 1 is 1.52 bits per heavy atom. The SMILES string of the molecule is CCc1nc(SCC(=O)Nc2cccc(Cl)c2)[nH]c(=O)c1C#N. The van der Waals surface area contributed by atoms with Crippen LogP contribution in [0.3, 0.4) is 0 Å². The lowest BCUT2D eigenvalue weighted by atomic mass is 10.2. The number of aromatic nitrogens is 2. The van der Waals surface area contributed by atoms with Gasteiger partial charge < -0.3 is 10.3 Å². The number of rotatable bonds is 5. The summed E-state index contributed by atoms with van der Waals surface area (Å²) in [6.07, 6.45) is 0.467. The zero-order valence-electron chi connectivity index (χ0n) is 12.2. The third-order valence-corrected chi connectivity index (χ3v) is 3.98. The molecule has 0 spiro atoms. The number of amides is 1. The van der Waals surface area contributed by atoms with Crippen LogP contribution in [0.1, 0.15) is 18.2 Å². The molecule has 2 N–H and O–H groups in total. The molecule has 6 nitrogen and oxygen atoms in total. The van der Waals surface area contributed by atoms with Crippen molar-refractivity contribution in [2.24, 2.45) is 0 Å². The molecular formula is C15H13ClN4O2S. The van der Waals surface area contributed by atoms with Gasteiger partial charge in [0.25, 0.3) is 5.56 Å². The molecule has 1 aromatic heterocycles. The summed E-state index contributed by atoms with van der Waals surface area (Å²) >= 11 is 6.94. The van der Waals surface area contributed by atoms with Gasteiger partial charge in [0, 0.05) is 10.7 Å².